The van der Waals surface area contributed by atoms with Crippen LogP contribution in [-0.4, -0.2) is 44.8 Å². The maximum atomic E-state index is 5.74. The van der Waals surface area contributed by atoms with Gasteiger partial charge in [-0.15, -0.1) is 0 Å². The van der Waals surface area contributed by atoms with Crippen molar-refractivity contribution in [2.75, 3.05) is 33.9 Å². The van der Waals surface area contributed by atoms with E-state index in [4.69, 9.17) is 10.5 Å². The molecule has 1 saturated carbocycles. The monoisotopic (exact) mass is 214 g/mol. The molecule has 0 aromatic rings. The van der Waals surface area contributed by atoms with Crippen LogP contribution in [0.5, 0.6) is 0 Å². The van der Waals surface area contributed by atoms with Gasteiger partial charge in [-0.25, -0.2) is 0 Å². The minimum absolute atomic E-state index is 0.386. The molecule has 0 bridgehead atoms. The fourth-order valence-electron chi connectivity index (χ4n) is 2.49. The van der Waals surface area contributed by atoms with E-state index in [2.05, 4.69) is 11.9 Å². The summed E-state index contributed by atoms with van der Waals surface area (Å²) in [6, 6.07) is 0.386. The van der Waals surface area contributed by atoms with Crippen LogP contribution in [0, 0.1) is 5.92 Å². The fraction of sp³-hybridized carbons (Fsp3) is 1.00. The second-order valence-corrected chi connectivity index (χ2v) is 4.79. The van der Waals surface area contributed by atoms with Crippen molar-refractivity contribution in [1.82, 2.24) is 4.90 Å². The van der Waals surface area contributed by atoms with Crippen LogP contribution in [0.3, 0.4) is 0 Å². The third kappa shape index (κ3) is 4.49. The molecule has 0 aromatic heterocycles. The van der Waals surface area contributed by atoms with Gasteiger partial charge in [0.1, 0.15) is 0 Å². The molecule has 1 atom stereocenters. The Hall–Kier alpha value is -0.120. The number of hydrogen-bond acceptors (Lipinski definition) is 3. The van der Waals surface area contributed by atoms with Gasteiger partial charge in [0.15, 0.2) is 0 Å². The van der Waals surface area contributed by atoms with E-state index in [1.165, 1.54) is 38.6 Å². The van der Waals surface area contributed by atoms with Gasteiger partial charge in [0.25, 0.3) is 0 Å². The van der Waals surface area contributed by atoms with Crippen molar-refractivity contribution in [3.05, 3.63) is 0 Å². The number of rotatable bonds is 6. The Morgan fingerprint density at radius 3 is 2.53 bits per heavy atom. The van der Waals surface area contributed by atoms with Gasteiger partial charge in [-0.3, -0.25) is 4.90 Å². The van der Waals surface area contributed by atoms with E-state index >= 15 is 0 Å². The normalized spacial score (nSPS) is 20.8. The van der Waals surface area contributed by atoms with Crippen LogP contribution in [0.1, 0.15) is 32.1 Å². The lowest BCUT2D eigenvalue weighted by molar-refractivity contribution is 0.0949. The Morgan fingerprint density at radius 1 is 1.33 bits per heavy atom. The molecule has 3 heteroatoms. The van der Waals surface area contributed by atoms with Crippen molar-refractivity contribution in [2.24, 2.45) is 11.7 Å². The van der Waals surface area contributed by atoms with Crippen LogP contribution in [0.15, 0.2) is 0 Å². The van der Waals surface area contributed by atoms with Gasteiger partial charge in [0.2, 0.25) is 0 Å². The molecule has 2 N–H and O–H groups in total. The number of likely N-dealkylation sites (N-methyl/N-ethyl adjacent to an activating group) is 1. The number of nitrogens with zero attached hydrogens (tertiary/aromatic N) is 1. The first-order chi connectivity index (χ1) is 7.27. The van der Waals surface area contributed by atoms with Crippen LogP contribution in [0.25, 0.3) is 0 Å². The molecule has 0 aliphatic heterocycles. The van der Waals surface area contributed by atoms with Crippen molar-refractivity contribution in [3.63, 3.8) is 0 Å². The molecule has 1 aliphatic rings. The third-order valence-electron chi connectivity index (χ3n) is 3.53. The van der Waals surface area contributed by atoms with Gasteiger partial charge in [-0.2, -0.15) is 0 Å². The fourth-order valence-corrected chi connectivity index (χ4v) is 2.49. The second-order valence-electron chi connectivity index (χ2n) is 4.79. The predicted molar refractivity (Wildman–Crippen MR) is 63.9 cm³/mol. The van der Waals surface area contributed by atoms with Crippen molar-refractivity contribution < 1.29 is 4.74 Å². The zero-order valence-corrected chi connectivity index (χ0v) is 10.2. The zero-order valence-electron chi connectivity index (χ0n) is 10.2. The topological polar surface area (TPSA) is 38.5 Å². The molecule has 90 valence electrons. The number of methoxy groups -OCH3 is 1. The summed E-state index contributed by atoms with van der Waals surface area (Å²) in [5, 5.41) is 0. The first-order valence-corrected chi connectivity index (χ1v) is 6.17. The summed E-state index contributed by atoms with van der Waals surface area (Å²) in [6.07, 6.45) is 7.05. The quantitative estimate of drug-likeness (QED) is 0.728. The summed E-state index contributed by atoms with van der Waals surface area (Å²) in [4.78, 5) is 2.37. The maximum Gasteiger partial charge on any atom is 0.0630 e. The summed E-state index contributed by atoms with van der Waals surface area (Å²) < 4.78 is 5.18. The second kappa shape index (κ2) is 7.20. The Morgan fingerprint density at radius 2 is 2.00 bits per heavy atom. The highest BCUT2D eigenvalue weighted by Gasteiger charge is 2.19. The molecule has 0 spiro atoms. The zero-order chi connectivity index (χ0) is 11.1. The number of hydrogen-bond donors (Lipinski definition) is 1. The summed E-state index contributed by atoms with van der Waals surface area (Å²) in [7, 11) is 3.92. The molecule has 0 saturated heterocycles. The lowest BCUT2D eigenvalue weighted by Gasteiger charge is -2.31. The van der Waals surface area contributed by atoms with Crippen LogP contribution < -0.4 is 5.73 Å². The Bertz CT molecular complexity index is 158. The molecule has 1 fully saturated rings. The molecular weight excluding hydrogens is 188 g/mol. The van der Waals surface area contributed by atoms with Gasteiger partial charge in [-0.05, 0) is 25.8 Å². The molecule has 1 aliphatic carbocycles. The largest absolute Gasteiger partial charge is 0.383 e. The van der Waals surface area contributed by atoms with E-state index in [-0.39, 0.29) is 0 Å². The molecule has 15 heavy (non-hydrogen) atoms. The van der Waals surface area contributed by atoms with E-state index in [0.29, 0.717) is 12.6 Å². The first kappa shape index (κ1) is 12.9. The lowest BCUT2D eigenvalue weighted by Crippen LogP contribution is -2.43. The summed E-state index contributed by atoms with van der Waals surface area (Å²) in [5.41, 5.74) is 5.74. The Kier molecular flexibility index (Phi) is 6.22. The predicted octanol–water partition coefficient (Wildman–Crippen LogP) is 1.47. The van der Waals surface area contributed by atoms with Crippen molar-refractivity contribution in [3.8, 4) is 0 Å². The summed E-state index contributed by atoms with van der Waals surface area (Å²) >= 11 is 0. The molecule has 1 unspecified atom stereocenters. The number of ether oxygens (including phenoxy) is 1. The smallest absolute Gasteiger partial charge is 0.0630 e. The molecule has 1 rings (SSSR count). The van der Waals surface area contributed by atoms with Gasteiger partial charge < -0.3 is 10.5 Å². The third-order valence-corrected chi connectivity index (χ3v) is 3.53. The van der Waals surface area contributed by atoms with E-state index in [1.54, 1.807) is 7.11 Å². The van der Waals surface area contributed by atoms with Crippen molar-refractivity contribution in [1.29, 1.82) is 0 Å². The summed E-state index contributed by atoms with van der Waals surface area (Å²) in [5.74, 6) is 0.884. The standard InChI is InChI=1S/C12H26N2O/c1-14(12(8-13)10-15-2)9-11-6-4-3-5-7-11/h11-12H,3-10,13H2,1-2H3. The van der Waals surface area contributed by atoms with E-state index in [0.717, 1.165) is 12.5 Å². The highest BCUT2D eigenvalue weighted by Crippen LogP contribution is 2.24. The molecule has 3 nitrogen and oxygen atoms in total. The van der Waals surface area contributed by atoms with Gasteiger partial charge in [0.05, 0.1) is 6.61 Å². The van der Waals surface area contributed by atoms with Crippen LogP contribution in [0.4, 0.5) is 0 Å². The maximum absolute atomic E-state index is 5.74. The van der Waals surface area contributed by atoms with Crippen LogP contribution in [0.2, 0.25) is 0 Å². The van der Waals surface area contributed by atoms with E-state index in [9.17, 15) is 0 Å². The average molecular weight is 214 g/mol. The van der Waals surface area contributed by atoms with E-state index < -0.39 is 0 Å². The molecule has 0 heterocycles. The van der Waals surface area contributed by atoms with Crippen LogP contribution >= 0.6 is 0 Å². The molecular formula is C12H26N2O. The Labute approximate surface area is 94.0 Å². The minimum atomic E-state index is 0.386. The van der Waals surface area contributed by atoms with Gasteiger partial charge >= 0.3 is 0 Å². The number of nitrogens with two attached hydrogens (primary N) is 1. The average Bonchev–Trinajstić information content (AvgIpc) is 2.27. The SMILES string of the molecule is COCC(CN)N(C)CC1CCCCC1. The molecule has 0 radical (unpaired) electrons. The summed E-state index contributed by atoms with van der Waals surface area (Å²) in [6.45, 7) is 2.63. The first-order valence-electron chi connectivity index (χ1n) is 6.17. The van der Waals surface area contributed by atoms with Gasteiger partial charge in [-0.1, -0.05) is 19.3 Å². The van der Waals surface area contributed by atoms with E-state index in [1.807, 2.05) is 0 Å². The van der Waals surface area contributed by atoms with Gasteiger partial charge in [0, 0.05) is 26.2 Å². The highest BCUT2D eigenvalue weighted by atomic mass is 16.5. The molecule has 0 aromatic carbocycles. The lowest BCUT2D eigenvalue weighted by atomic mass is 9.89. The van der Waals surface area contributed by atoms with Crippen molar-refractivity contribution in [2.45, 2.75) is 38.1 Å². The Balaban J connectivity index is 2.27. The van der Waals surface area contributed by atoms with Crippen LogP contribution in [-0.2, 0) is 4.74 Å². The minimum Gasteiger partial charge on any atom is -0.383 e. The highest BCUT2D eigenvalue weighted by molar-refractivity contribution is 4.74. The van der Waals surface area contributed by atoms with Crippen molar-refractivity contribution >= 4 is 0 Å². The molecule has 0 amide bonds.